The van der Waals surface area contributed by atoms with Gasteiger partial charge in [0.2, 0.25) is 0 Å². The third-order valence-corrected chi connectivity index (χ3v) is 3.51. The first-order chi connectivity index (χ1) is 9.22. The van der Waals surface area contributed by atoms with Crippen molar-refractivity contribution in [2.24, 2.45) is 0 Å². The molecule has 5 nitrogen and oxygen atoms in total. The number of hydrogen-bond acceptors (Lipinski definition) is 5. The van der Waals surface area contributed by atoms with Crippen molar-refractivity contribution in [2.45, 2.75) is 26.8 Å². The van der Waals surface area contributed by atoms with E-state index in [1.807, 2.05) is 13.8 Å². The van der Waals surface area contributed by atoms with Gasteiger partial charge in [0.15, 0.2) is 0 Å². The van der Waals surface area contributed by atoms with E-state index in [1.54, 1.807) is 6.20 Å². The molecule has 0 amide bonds. The monoisotopic (exact) mass is 254 g/mol. The SMILES string of the molecule is Cc1noc(C)c1-c1c(C#N)cnc2c1CNCC2. The summed E-state index contributed by atoms with van der Waals surface area (Å²) < 4.78 is 5.24. The molecule has 1 N–H and O–H groups in total. The zero-order chi connectivity index (χ0) is 13.4. The van der Waals surface area contributed by atoms with E-state index in [4.69, 9.17) is 4.52 Å². The number of nitriles is 1. The molecule has 0 aliphatic carbocycles. The van der Waals surface area contributed by atoms with E-state index in [-0.39, 0.29) is 0 Å². The van der Waals surface area contributed by atoms with Gasteiger partial charge in [0.1, 0.15) is 11.8 Å². The fourth-order valence-corrected chi connectivity index (χ4v) is 2.63. The Balaban J connectivity index is 2.33. The van der Waals surface area contributed by atoms with Crippen LogP contribution in [-0.4, -0.2) is 16.7 Å². The van der Waals surface area contributed by atoms with Gasteiger partial charge in [0.05, 0.1) is 11.3 Å². The molecule has 19 heavy (non-hydrogen) atoms. The van der Waals surface area contributed by atoms with Crippen molar-refractivity contribution in [3.63, 3.8) is 0 Å². The van der Waals surface area contributed by atoms with Gasteiger partial charge in [0, 0.05) is 42.5 Å². The Morgan fingerprint density at radius 1 is 1.37 bits per heavy atom. The van der Waals surface area contributed by atoms with Gasteiger partial charge in [-0.15, -0.1) is 0 Å². The third-order valence-electron chi connectivity index (χ3n) is 3.51. The second-order valence-corrected chi connectivity index (χ2v) is 4.71. The number of rotatable bonds is 1. The lowest BCUT2D eigenvalue weighted by molar-refractivity contribution is 0.393. The number of aromatic nitrogens is 2. The number of nitrogens with zero attached hydrogens (tertiary/aromatic N) is 3. The van der Waals surface area contributed by atoms with Crippen LogP contribution in [0, 0.1) is 25.2 Å². The van der Waals surface area contributed by atoms with E-state index in [0.717, 1.165) is 53.3 Å². The molecule has 0 spiro atoms. The lowest BCUT2D eigenvalue weighted by atomic mass is 9.91. The lowest BCUT2D eigenvalue weighted by Crippen LogP contribution is -2.25. The average molecular weight is 254 g/mol. The molecule has 0 unspecified atom stereocenters. The molecule has 3 heterocycles. The molecule has 1 aliphatic heterocycles. The second kappa shape index (κ2) is 4.48. The molecular weight excluding hydrogens is 240 g/mol. The Bertz CT molecular complexity index is 662. The maximum absolute atomic E-state index is 9.34. The molecule has 96 valence electrons. The first kappa shape index (κ1) is 11.9. The predicted molar refractivity (Wildman–Crippen MR) is 69.3 cm³/mol. The van der Waals surface area contributed by atoms with Gasteiger partial charge in [-0.1, -0.05) is 5.16 Å². The van der Waals surface area contributed by atoms with Crippen LogP contribution in [0.1, 0.15) is 28.3 Å². The highest BCUT2D eigenvalue weighted by atomic mass is 16.5. The molecule has 0 aromatic carbocycles. The molecule has 0 radical (unpaired) electrons. The zero-order valence-electron chi connectivity index (χ0n) is 10.9. The van der Waals surface area contributed by atoms with Gasteiger partial charge < -0.3 is 9.84 Å². The Kier molecular flexibility index (Phi) is 2.80. The fraction of sp³-hybridized carbons (Fsp3) is 0.357. The summed E-state index contributed by atoms with van der Waals surface area (Å²) in [6.45, 7) is 5.43. The number of fused-ring (bicyclic) bond motifs is 1. The summed E-state index contributed by atoms with van der Waals surface area (Å²) in [4.78, 5) is 4.41. The second-order valence-electron chi connectivity index (χ2n) is 4.71. The van der Waals surface area contributed by atoms with Gasteiger partial charge in [-0.05, 0) is 19.4 Å². The van der Waals surface area contributed by atoms with Crippen LogP contribution in [0.3, 0.4) is 0 Å². The third kappa shape index (κ3) is 1.81. The van der Waals surface area contributed by atoms with Crippen LogP contribution in [0.15, 0.2) is 10.7 Å². The van der Waals surface area contributed by atoms with Crippen LogP contribution in [0.4, 0.5) is 0 Å². The van der Waals surface area contributed by atoms with Gasteiger partial charge in [0.25, 0.3) is 0 Å². The van der Waals surface area contributed by atoms with E-state index in [2.05, 4.69) is 21.5 Å². The van der Waals surface area contributed by atoms with Crippen molar-refractivity contribution in [1.82, 2.24) is 15.5 Å². The van der Waals surface area contributed by atoms with Gasteiger partial charge in [-0.3, -0.25) is 4.98 Å². The summed E-state index contributed by atoms with van der Waals surface area (Å²) in [6, 6.07) is 2.23. The molecule has 0 bridgehead atoms. The minimum atomic E-state index is 0.580. The minimum absolute atomic E-state index is 0.580. The smallest absolute Gasteiger partial charge is 0.141 e. The fourth-order valence-electron chi connectivity index (χ4n) is 2.63. The molecule has 0 fully saturated rings. The van der Waals surface area contributed by atoms with Gasteiger partial charge in [-0.25, -0.2) is 0 Å². The van der Waals surface area contributed by atoms with Gasteiger partial charge in [-0.2, -0.15) is 5.26 Å². The lowest BCUT2D eigenvalue weighted by Gasteiger charge is -2.20. The Labute approximate surface area is 111 Å². The minimum Gasteiger partial charge on any atom is -0.361 e. The summed E-state index contributed by atoms with van der Waals surface area (Å²) >= 11 is 0. The molecule has 1 aliphatic rings. The molecule has 0 atom stereocenters. The Morgan fingerprint density at radius 3 is 2.89 bits per heavy atom. The quantitative estimate of drug-likeness (QED) is 0.840. The van der Waals surface area contributed by atoms with Crippen molar-refractivity contribution >= 4 is 0 Å². The highest BCUT2D eigenvalue weighted by molar-refractivity contribution is 5.77. The molecule has 5 heteroatoms. The molecule has 2 aromatic heterocycles. The normalized spacial score (nSPS) is 13.9. The van der Waals surface area contributed by atoms with E-state index in [9.17, 15) is 5.26 Å². The first-order valence-corrected chi connectivity index (χ1v) is 6.27. The average Bonchev–Trinajstić information content (AvgIpc) is 2.77. The van der Waals surface area contributed by atoms with Crippen molar-refractivity contribution in [1.29, 1.82) is 5.26 Å². The summed E-state index contributed by atoms with van der Waals surface area (Å²) in [5.41, 5.74) is 5.41. The molecule has 3 rings (SSSR count). The van der Waals surface area contributed by atoms with Crippen molar-refractivity contribution in [2.75, 3.05) is 6.54 Å². The summed E-state index contributed by atoms with van der Waals surface area (Å²) in [5, 5.41) is 16.7. The standard InChI is InChI=1S/C14H14N4O/c1-8-13(9(2)19-18-8)14-10(5-15)6-17-12-3-4-16-7-11(12)14/h6,16H,3-4,7H2,1-2H3. The molecule has 0 saturated heterocycles. The van der Waals surface area contributed by atoms with E-state index >= 15 is 0 Å². The van der Waals surface area contributed by atoms with Crippen LogP contribution >= 0.6 is 0 Å². The van der Waals surface area contributed by atoms with Crippen molar-refractivity contribution in [3.05, 3.63) is 34.5 Å². The van der Waals surface area contributed by atoms with Crippen LogP contribution in [0.2, 0.25) is 0 Å². The topological polar surface area (TPSA) is 74.7 Å². The van der Waals surface area contributed by atoms with E-state index in [0.29, 0.717) is 5.56 Å². The van der Waals surface area contributed by atoms with Crippen molar-refractivity contribution < 1.29 is 4.52 Å². The highest BCUT2D eigenvalue weighted by Crippen LogP contribution is 2.34. The molecular formula is C14H14N4O. The summed E-state index contributed by atoms with van der Waals surface area (Å²) in [5.74, 6) is 0.743. The highest BCUT2D eigenvalue weighted by Gasteiger charge is 2.23. The Hall–Kier alpha value is -2.19. The number of nitrogens with one attached hydrogen (secondary N) is 1. The van der Waals surface area contributed by atoms with Crippen LogP contribution in [0.5, 0.6) is 0 Å². The van der Waals surface area contributed by atoms with E-state index in [1.165, 1.54) is 0 Å². The summed E-state index contributed by atoms with van der Waals surface area (Å²) in [7, 11) is 0. The van der Waals surface area contributed by atoms with Crippen LogP contribution in [0.25, 0.3) is 11.1 Å². The van der Waals surface area contributed by atoms with Gasteiger partial charge >= 0.3 is 0 Å². The predicted octanol–water partition coefficient (Wildman–Crippen LogP) is 1.87. The van der Waals surface area contributed by atoms with Crippen LogP contribution in [-0.2, 0) is 13.0 Å². The van der Waals surface area contributed by atoms with Crippen molar-refractivity contribution in [3.8, 4) is 17.2 Å². The largest absolute Gasteiger partial charge is 0.361 e. The Morgan fingerprint density at radius 2 is 2.21 bits per heavy atom. The van der Waals surface area contributed by atoms with Crippen LogP contribution < -0.4 is 5.32 Å². The number of pyridine rings is 1. The maximum Gasteiger partial charge on any atom is 0.141 e. The summed E-state index contributed by atoms with van der Waals surface area (Å²) in [6.07, 6.45) is 2.54. The van der Waals surface area contributed by atoms with E-state index < -0.39 is 0 Å². The first-order valence-electron chi connectivity index (χ1n) is 6.27. The zero-order valence-corrected chi connectivity index (χ0v) is 10.9. The molecule has 2 aromatic rings. The molecule has 0 saturated carbocycles. The maximum atomic E-state index is 9.34. The number of aryl methyl sites for hydroxylation is 2. The number of hydrogen-bond donors (Lipinski definition) is 1.